The fraction of sp³-hybridized carbons (Fsp3) is 0.500. The Morgan fingerprint density at radius 2 is 2.09 bits per heavy atom. The molecule has 1 aromatic carbocycles. The van der Waals surface area contributed by atoms with Gasteiger partial charge in [-0.1, -0.05) is 37.6 Å². The summed E-state index contributed by atoms with van der Waals surface area (Å²) in [5.74, 6) is 0.489. The SMILES string of the molecule is CCCC1C=CC=NC1C(C)NC(=O)Cc1ccc(C)c(C)c1. The zero-order chi connectivity index (χ0) is 16.8. The van der Waals surface area contributed by atoms with E-state index in [-0.39, 0.29) is 18.0 Å². The van der Waals surface area contributed by atoms with E-state index in [9.17, 15) is 4.79 Å². The molecule has 1 aromatic rings. The smallest absolute Gasteiger partial charge is 0.224 e. The van der Waals surface area contributed by atoms with Crippen molar-refractivity contribution in [3.8, 4) is 0 Å². The van der Waals surface area contributed by atoms with Crippen LogP contribution in [-0.4, -0.2) is 24.2 Å². The Labute approximate surface area is 139 Å². The molecule has 124 valence electrons. The third kappa shape index (κ3) is 4.78. The summed E-state index contributed by atoms with van der Waals surface area (Å²) in [5, 5.41) is 3.13. The quantitative estimate of drug-likeness (QED) is 0.853. The van der Waals surface area contributed by atoms with Crippen molar-refractivity contribution in [3.63, 3.8) is 0 Å². The first-order valence-electron chi connectivity index (χ1n) is 8.56. The highest BCUT2D eigenvalue weighted by Gasteiger charge is 2.26. The molecule has 0 spiro atoms. The van der Waals surface area contributed by atoms with Crippen LogP contribution in [0.3, 0.4) is 0 Å². The number of dihydropyridines is 1. The van der Waals surface area contributed by atoms with Crippen molar-refractivity contribution in [2.75, 3.05) is 0 Å². The van der Waals surface area contributed by atoms with Gasteiger partial charge >= 0.3 is 0 Å². The zero-order valence-electron chi connectivity index (χ0n) is 14.7. The summed E-state index contributed by atoms with van der Waals surface area (Å²) >= 11 is 0. The molecule has 0 fully saturated rings. The van der Waals surface area contributed by atoms with Gasteiger partial charge in [0.2, 0.25) is 5.91 Å². The van der Waals surface area contributed by atoms with Crippen LogP contribution in [0, 0.1) is 19.8 Å². The monoisotopic (exact) mass is 312 g/mol. The van der Waals surface area contributed by atoms with Gasteiger partial charge in [-0.05, 0) is 50.0 Å². The Morgan fingerprint density at radius 3 is 2.78 bits per heavy atom. The third-order valence-electron chi connectivity index (χ3n) is 4.60. The van der Waals surface area contributed by atoms with Crippen LogP contribution >= 0.6 is 0 Å². The van der Waals surface area contributed by atoms with E-state index in [2.05, 4.69) is 56.2 Å². The van der Waals surface area contributed by atoms with E-state index in [4.69, 9.17) is 0 Å². The molecule has 3 unspecified atom stereocenters. The van der Waals surface area contributed by atoms with Gasteiger partial charge < -0.3 is 5.32 Å². The molecule has 1 amide bonds. The Balaban J connectivity index is 1.94. The van der Waals surface area contributed by atoms with Crippen molar-refractivity contribution in [2.45, 2.75) is 59.0 Å². The van der Waals surface area contributed by atoms with Crippen molar-refractivity contribution >= 4 is 12.1 Å². The molecular formula is C20H28N2O. The van der Waals surface area contributed by atoms with Crippen LogP contribution in [0.5, 0.6) is 0 Å². The molecule has 1 aliphatic heterocycles. The number of nitrogens with zero attached hydrogens (tertiary/aromatic N) is 1. The first-order chi connectivity index (χ1) is 11.0. The average molecular weight is 312 g/mol. The predicted octanol–water partition coefficient (Wildman–Crippen LogP) is 3.78. The standard InChI is InChI=1S/C20H28N2O/c1-5-7-18-8-6-11-21-20(18)16(4)22-19(23)13-17-10-9-14(2)15(3)12-17/h6,8-12,16,18,20H,5,7,13H2,1-4H3,(H,22,23). The van der Waals surface area contributed by atoms with Crippen molar-refractivity contribution in [1.29, 1.82) is 0 Å². The normalized spacial score (nSPS) is 21.2. The van der Waals surface area contributed by atoms with Crippen molar-refractivity contribution in [2.24, 2.45) is 10.9 Å². The second-order valence-corrected chi connectivity index (χ2v) is 6.58. The van der Waals surface area contributed by atoms with E-state index in [1.54, 1.807) is 0 Å². The molecule has 1 N–H and O–H groups in total. The van der Waals surface area contributed by atoms with E-state index in [0.29, 0.717) is 12.3 Å². The van der Waals surface area contributed by atoms with Crippen molar-refractivity contribution in [3.05, 3.63) is 47.0 Å². The first-order valence-corrected chi connectivity index (χ1v) is 8.56. The molecule has 3 atom stereocenters. The number of hydrogen-bond donors (Lipinski definition) is 1. The largest absolute Gasteiger partial charge is 0.351 e. The molecule has 1 aliphatic rings. The highest BCUT2D eigenvalue weighted by Crippen LogP contribution is 2.21. The Morgan fingerprint density at radius 1 is 1.30 bits per heavy atom. The number of allylic oxidation sites excluding steroid dienone is 1. The maximum absolute atomic E-state index is 12.3. The lowest BCUT2D eigenvalue weighted by Gasteiger charge is -2.29. The van der Waals surface area contributed by atoms with Gasteiger partial charge in [-0.2, -0.15) is 0 Å². The molecule has 23 heavy (non-hydrogen) atoms. The molecule has 3 heteroatoms. The molecule has 2 rings (SSSR count). The van der Waals surface area contributed by atoms with Crippen LogP contribution in [0.25, 0.3) is 0 Å². The lowest BCUT2D eigenvalue weighted by molar-refractivity contribution is -0.121. The van der Waals surface area contributed by atoms with Gasteiger partial charge in [0.05, 0.1) is 12.5 Å². The minimum atomic E-state index is 0.0480. The molecule has 0 bridgehead atoms. The van der Waals surface area contributed by atoms with Crippen LogP contribution in [0.15, 0.2) is 35.3 Å². The molecule has 0 radical (unpaired) electrons. The number of aliphatic imine (C=N–C) groups is 1. The van der Waals surface area contributed by atoms with Crippen LogP contribution in [0.1, 0.15) is 43.4 Å². The molecular weight excluding hydrogens is 284 g/mol. The number of benzene rings is 1. The fourth-order valence-corrected chi connectivity index (χ4v) is 3.16. The number of amides is 1. The maximum atomic E-state index is 12.3. The number of carbonyl (C=O) groups is 1. The predicted molar refractivity (Wildman–Crippen MR) is 97.0 cm³/mol. The van der Waals surface area contributed by atoms with E-state index >= 15 is 0 Å². The second-order valence-electron chi connectivity index (χ2n) is 6.58. The Bertz CT molecular complexity index is 604. The van der Waals surface area contributed by atoms with Gasteiger partial charge in [-0.3, -0.25) is 9.79 Å². The van der Waals surface area contributed by atoms with Gasteiger partial charge in [0, 0.05) is 18.2 Å². The maximum Gasteiger partial charge on any atom is 0.224 e. The Kier molecular flexibility index (Phi) is 6.14. The van der Waals surface area contributed by atoms with Crippen LogP contribution in [0.4, 0.5) is 0 Å². The molecule has 1 heterocycles. The summed E-state index contributed by atoms with van der Waals surface area (Å²) in [7, 11) is 0. The van der Waals surface area contributed by atoms with Gasteiger partial charge in [-0.25, -0.2) is 0 Å². The van der Waals surface area contributed by atoms with Gasteiger partial charge in [0.25, 0.3) is 0 Å². The lowest BCUT2D eigenvalue weighted by atomic mass is 9.88. The van der Waals surface area contributed by atoms with E-state index in [1.165, 1.54) is 11.1 Å². The summed E-state index contributed by atoms with van der Waals surface area (Å²) in [5.41, 5.74) is 3.55. The number of rotatable bonds is 6. The third-order valence-corrected chi connectivity index (χ3v) is 4.60. The second kappa shape index (κ2) is 8.09. The minimum Gasteiger partial charge on any atom is -0.351 e. The lowest BCUT2D eigenvalue weighted by Crippen LogP contribution is -2.44. The average Bonchev–Trinajstić information content (AvgIpc) is 2.51. The van der Waals surface area contributed by atoms with Crippen molar-refractivity contribution in [1.82, 2.24) is 5.32 Å². The Hall–Kier alpha value is -1.90. The number of hydrogen-bond acceptors (Lipinski definition) is 2. The minimum absolute atomic E-state index is 0.0480. The van der Waals surface area contributed by atoms with E-state index < -0.39 is 0 Å². The summed E-state index contributed by atoms with van der Waals surface area (Å²) in [6.45, 7) is 8.41. The first kappa shape index (κ1) is 17.5. The molecule has 3 nitrogen and oxygen atoms in total. The van der Waals surface area contributed by atoms with E-state index in [1.807, 2.05) is 18.4 Å². The number of carbonyl (C=O) groups excluding carboxylic acids is 1. The van der Waals surface area contributed by atoms with Gasteiger partial charge in [0.15, 0.2) is 0 Å². The van der Waals surface area contributed by atoms with Crippen LogP contribution in [0.2, 0.25) is 0 Å². The fourth-order valence-electron chi connectivity index (χ4n) is 3.16. The molecule has 0 aromatic heterocycles. The topological polar surface area (TPSA) is 41.5 Å². The molecule has 0 saturated carbocycles. The summed E-state index contributed by atoms with van der Waals surface area (Å²) in [6.07, 6.45) is 8.74. The van der Waals surface area contributed by atoms with Crippen molar-refractivity contribution < 1.29 is 4.79 Å². The number of aryl methyl sites for hydroxylation is 2. The molecule has 0 aliphatic carbocycles. The summed E-state index contributed by atoms with van der Waals surface area (Å²) in [4.78, 5) is 16.9. The van der Waals surface area contributed by atoms with Crippen LogP contribution in [-0.2, 0) is 11.2 Å². The summed E-state index contributed by atoms with van der Waals surface area (Å²) < 4.78 is 0. The number of nitrogens with one attached hydrogen (secondary N) is 1. The van der Waals surface area contributed by atoms with Gasteiger partial charge in [-0.15, -0.1) is 0 Å². The van der Waals surface area contributed by atoms with E-state index in [0.717, 1.165) is 18.4 Å². The summed E-state index contributed by atoms with van der Waals surface area (Å²) in [6, 6.07) is 6.40. The van der Waals surface area contributed by atoms with Gasteiger partial charge in [0.1, 0.15) is 0 Å². The highest BCUT2D eigenvalue weighted by molar-refractivity contribution is 5.79. The zero-order valence-corrected chi connectivity index (χ0v) is 14.7. The highest BCUT2D eigenvalue weighted by atomic mass is 16.1. The molecule has 0 saturated heterocycles. The van der Waals surface area contributed by atoms with Crippen LogP contribution < -0.4 is 5.32 Å².